The average molecular weight is 258 g/mol. The maximum atomic E-state index is 2.28. The molecule has 0 radical (unpaired) electrons. The van der Waals surface area contributed by atoms with Crippen molar-refractivity contribution >= 4 is 0 Å². The Morgan fingerprint density at radius 2 is 1.10 bits per heavy atom. The molecule has 0 spiro atoms. The zero-order chi connectivity index (χ0) is 13.8. The average Bonchev–Trinajstić information content (AvgIpc) is 2.56. The second-order valence-electron chi connectivity index (χ2n) is 5.00. The molecular formula is C20H18. The lowest BCUT2D eigenvalue weighted by molar-refractivity contribution is 1.14. The molecule has 20 heavy (non-hydrogen) atoms. The maximum absolute atomic E-state index is 2.28. The molecule has 0 N–H and O–H groups in total. The highest BCUT2D eigenvalue weighted by atomic mass is 14.1. The molecule has 0 aromatic heterocycles. The van der Waals surface area contributed by atoms with E-state index >= 15 is 0 Å². The lowest BCUT2D eigenvalue weighted by Gasteiger charge is -2.06. The molecule has 0 aliphatic rings. The van der Waals surface area contributed by atoms with Gasteiger partial charge in [0.25, 0.3) is 0 Å². The van der Waals surface area contributed by atoms with Gasteiger partial charge in [0.2, 0.25) is 0 Å². The van der Waals surface area contributed by atoms with Crippen LogP contribution in [0, 0.1) is 0 Å². The lowest BCUT2D eigenvalue weighted by atomic mass is 9.99. The van der Waals surface area contributed by atoms with Gasteiger partial charge in [-0.2, -0.15) is 0 Å². The van der Waals surface area contributed by atoms with Crippen molar-refractivity contribution in [3.63, 3.8) is 0 Å². The van der Waals surface area contributed by atoms with Crippen LogP contribution in [-0.4, -0.2) is 0 Å². The Morgan fingerprint density at radius 1 is 0.550 bits per heavy atom. The molecule has 0 amide bonds. The number of hydrogen-bond donors (Lipinski definition) is 0. The van der Waals surface area contributed by atoms with Crippen LogP contribution in [0.15, 0.2) is 78.9 Å². The fourth-order valence-electron chi connectivity index (χ4n) is 2.46. The van der Waals surface area contributed by atoms with Gasteiger partial charge in [-0.15, -0.1) is 0 Å². The lowest BCUT2D eigenvalue weighted by Crippen LogP contribution is -1.83. The van der Waals surface area contributed by atoms with Crippen LogP contribution in [0.5, 0.6) is 0 Å². The summed E-state index contributed by atoms with van der Waals surface area (Å²) in [7, 11) is 0. The summed E-state index contributed by atoms with van der Waals surface area (Å²) < 4.78 is 0. The van der Waals surface area contributed by atoms with Crippen LogP contribution in [-0.2, 0) is 6.42 Å². The van der Waals surface area contributed by atoms with Crippen molar-refractivity contribution in [3.8, 4) is 22.3 Å². The molecule has 0 heterocycles. The molecule has 0 atom stereocenters. The molecule has 0 aliphatic carbocycles. The fraction of sp³-hybridized carbons (Fsp3) is 0.100. The monoisotopic (exact) mass is 258 g/mol. The highest BCUT2D eigenvalue weighted by molar-refractivity contribution is 5.70. The molecule has 0 nitrogen and oxygen atoms in total. The van der Waals surface area contributed by atoms with Crippen LogP contribution in [0.1, 0.15) is 12.5 Å². The Bertz CT molecular complexity index is 679. The molecule has 3 aromatic rings. The van der Waals surface area contributed by atoms with E-state index in [9.17, 15) is 0 Å². The van der Waals surface area contributed by atoms with Crippen LogP contribution in [0.4, 0.5) is 0 Å². The van der Waals surface area contributed by atoms with E-state index in [1.165, 1.54) is 27.8 Å². The van der Waals surface area contributed by atoms with Crippen LogP contribution >= 0.6 is 0 Å². The molecule has 3 rings (SSSR count). The van der Waals surface area contributed by atoms with Crippen molar-refractivity contribution in [3.05, 3.63) is 84.4 Å². The molecule has 0 aliphatic heterocycles. The first-order valence-electron chi connectivity index (χ1n) is 7.11. The molecule has 0 saturated heterocycles. The van der Waals surface area contributed by atoms with Crippen LogP contribution in [0.2, 0.25) is 0 Å². The molecule has 98 valence electrons. The Labute approximate surface area is 120 Å². The van der Waals surface area contributed by atoms with E-state index in [4.69, 9.17) is 0 Å². The van der Waals surface area contributed by atoms with Crippen molar-refractivity contribution < 1.29 is 0 Å². The minimum atomic E-state index is 1.08. The van der Waals surface area contributed by atoms with Gasteiger partial charge in [0, 0.05) is 0 Å². The topological polar surface area (TPSA) is 0 Å². The predicted molar refractivity (Wildman–Crippen MR) is 86.7 cm³/mol. The summed E-state index contributed by atoms with van der Waals surface area (Å²) in [4.78, 5) is 0. The third-order valence-electron chi connectivity index (χ3n) is 3.66. The maximum Gasteiger partial charge on any atom is -0.0181 e. The zero-order valence-corrected chi connectivity index (χ0v) is 11.7. The van der Waals surface area contributed by atoms with E-state index in [1.807, 2.05) is 6.07 Å². The predicted octanol–water partition coefficient (Wildman–Crippen LogP) is 5.58. The van der Waals surface area contributed by atoms with Gasteiger partial charge < -0.3 is 0 Å². The molecule has 3 aromatic carbocycles. The third-order valence-corrected chi connectivity index (χ3v) is 3.66. The van der Waals surface area contributed by atoms with Crippen molar-refractivity contribution in [2.75, 3.05) is 0 Å². The van der Waals surface area contributed by atoms with Crippen molar-refractivity contribution in [1.29, 1.82) is 0 Å². The number of hydrogen-bond acceptors (Lipinski definition) is 0. The summed E-state index contributed by atoms with van der Waals surface area (Å²) >= 11 is 0. The van der Waals surface area contributed by atoms with E-state index in [-0.39, 0.29) is 0 Å². The van der Waals surface area contributed by atoms with Gasteiger partial charge in [0.1, 0.15) is 0 Å². The summed E-state index contributed by atoms with van der Waals surface area (Å²) in [5, 5.41) is 0. The van der Waals surface area contributed by atoms with Crippen LogP contribution in [0.25, 0.3) is 22.3 Å². The molecule has 0 fully saturated rings. The van der Waals surface area contributed by atoms with Gasteiger partial charge in [0.15, 0.2) is 0 Å². The number of rotatable bonds is 3. The largest absolute Gasteiger partial charge is 0.0622 e. The first kappa shape index (κ1) is 12.7. The quantitative estimate of drug-likeness (QED) is 0.575. The third kappa shape index (κ3) is 2.65. The Hall–Kier alpha value is -2.34. The Balaban J connectivity index is 1.93. The molecule has 0 unspecified atom stereocenters. The Morgan fingerprint density at radius 3 is 1.75 bits per heavy atom. The highest BCUT2D eigenvalue weighted by Gasteiger charge is 2.00. The van der Waals surface area contributed by atoms with Gasteiger partial charge in [-0.1, -0.05) is 85.8 Å². The standard InChI is InChI=1S/C20H18/c1-2-16-7-6-10-20(15-16)19-13-11-18(12-14-19)17-8-4-3-5-9-17/h3-15H,2H2,1H3. The van der Waals surface area contributed by atoms with E-state index in [0.29, 0.717) is 0 Å². The van der Waals surface area contributed by atoms with Crippen molar-refractivity contribution in [1.82, 2.24) is 0 Å². The van der Waals surface area contributed by atoms with Crippen LogP contribution in [0.3, 0.4) is 0 Å². The minimum Gasteiger partial charge on any atom is -0.0622 e. The minimum absolute atomic E-state index is 1.08. The zero-order valence-electron chi connectivity index (χ0n) is 11.7. The van der Waals surface area contributed by atoms with E-state index in [1.54, 1.807) is 0 Å². The van der Waals surface area contributed by atoms with Gasteiger partial charge in [-0.25, -0.2) is 0 Å². The van der Waals surface area contributed by atoms with Gasteiger partial charge in [-0.3, -0.25) is 0 Å². The molecule has 0 bridgehead atoms. The summed E-state index contributed by atoms with van der Waals surface area (Å²) in [5.41, 5.74) is 6.49. The summed E-state index contributed by atoms with van der Waals surface area (Å²) in [6.07, 6.45) is 1.08. The van der Waals surface area contributed by atoms with E-state index < -0.39 is 0 Å². The molecule has 0 heteroatoms. The summed E-state index contributed by atoms with van der Waals surface area (Å²) in [6, 6.07) is 28.1. The molecule has 0 saturated carbocycles. The summed E-state index contributed by atoms with van der Waals surface area (Å²) in [6.45, 7) is 2.19. The van der Waals surface area contributed by atoms with E-state index in [2.05, 4.69) is 79.7 Å². The second kappa shape index (κ2) is 5.75. The number of benzene rings is 3. The smallest absolute Gasteiger partial charge is 0.0181 e. The number of aryl methyl sites for hydroxylation is 1. The van der Waals surface area contributed by atoms with Crippen molar-refractivity contribution in [2.45, 2.75) is 13.3 Å². The first-order valence-corrected chi connectivity index (χ1v) is 7.11. The van der Waals surface area contributed by atoms with Crippen molar-refractivity contribution in [2.24, 2.45) is 0 Å². The first-order chi connectivity index (χ1) is 9.86. The Kier molecular flexibility index (Phi) is 3.64. The summed E-state index contributed by atoms with van der Waals surface area (Å²) in [5.74, 6) is 0. The highest BCUT2D eigenvalue weighted by Crippen LogP contribution is 2.25. The van der Waals surface area contributed by atoms with Gasteiger partial charge in [-0.05, 0) is 34.2 Å². The normalized spacial score (nSPS) is 10.4. The van der Waals surface area contributed by atoms with Gasteiger partial charge in [0.05, 0.1) is 0 Å². The van der Waals surface area contributed by atoms with Gasteiger partial charge >= 0.3 is 0 Å². The van der Waals surface area contributed by atoms with E-state index in [0.717, 1.165) is 6.42 Å². The van der Waals surface area contributed by atoms with Crippen LogP contribution < -0.4 is 0 Å². The molecular weight excluding hydrogens is 240 g/mol. The SMILES string of the molecule is CCc1cccc(-c2ccc(-c3ccccc3)cc2)c1. The second-order valence-corrected chi connectivity index (χ2v) is 5.00. The fourth-order valence-corrected chi connectivity index (χ4v) is 2.46.